The molecule has 0 atom stereocenters. The zero-order valence-corrected chi connectivity index (χ0v) is 6.46. The summed E-state index contributed by atoms with van der Waals surface area (Å²) in [6.07, 6.45) is 0. The van der Waals surface area contributed by atoms with Crippen LogP contribution in [0.2, 0.25) is 0 Å². The highest BCUT2D eigenvalue weighted by Crippen LogP contribution is 1.80. The van der Waals surface area contributed by atoms with Gasteiger partial charge in [-0.25, -0.2) is 0 Å². The molecule has 0 heteroatoms. The van der Waals surface area contributed by atoms with Gasteiger partial charge in [-0.3, -0.25) is 0 Å². The van der Waals surface area contributed by atoms with Crippen LogP contribution in [0.15, 0.2) is 72.7 Å². The number of benzene rings is 2. The van der Waals surface area contributed by atoms with E-state index in [-0.39, 0.29) is 0 Å². The Balaban J connectivity index is 0.000000225. The minimum absolute atomic E-state index is 0.457. The first-order chi connectivity index (χ1) is 8.46. The van der Waals surface area contributed by atoms with E-state index >= 15 is 0 Å². The Kier molecular flexibility index (Phi) is 1.77. The molecule has 60 valence electrons. The van der Waals surface area contributed by atoms with Crippen molar-refractivity contribution in [3.8, 4) is 0 Å². The number of rotatable bonds is 0. The second-order valence-electron chi connectivity index (χ2n) is 1.90. The van der Waals surface area contributed by atoms with Gasteiger partial charge in [0, 0.05) is 0 Å². The maximum Gasteiger partial charge on any atom is 0.0623 e. The zero-order chi connectivity index (χ0) is 13.7. The maximum atomic E-state index is 7.12. The van der Waals surface area contributed by atoms with Gasteiger partial charge in [0.05, 0.1) is 8.22 Å². The quantitative estimate of drug-likeness (QED) is 0.557. The Morgan fingerprint density at radius 3 is 0.750 bits per heavy atom. The van der Waals surface area contributed by atoms with Crippen molar-refractivity contribution in [3.63, 3.8) is 0 Å². The molecule has 0 bridgehead atoms. The van der Waals surface area contributed by atoms with E-state index in [9.17, 15) is 0 Å². The molecule has 0 nitrogen and oxygen atoms in total. The topological polar surface area (TPSA) is 0 Å². The smallest absolute Gasteiger partial charge is 0.0623 e. The monoisotopic (exact) mass is 162 g/mol. The van der Waals surface area contributed by atoms with E-state index < -0.39 is 36.3 Å². The van der Waals surface area contributed by atoms with Crippen molar-refractivity contribution in [1.82, 2.24) is 0 Å². The first-order valence-corrected chi connectivity index (χ1v) is 3.50. The Morgan fingerprint density at radius 2 is 0.583 bits per heavy atom. The van der Waals surface area contributed by atoms with Crippen LogP contribution in [0.3, 0.4) is 0 Å². The minimum Gasteiger partial charge on any atom is -0.0623 e. The third-order valence-electron chi connectivity index (χ3n) is 1.04. The molecule has 0 heterocycles. The average Bonchev–Trinajstić information content (AvgIpc) is 2.43. The predicted molar refractivity (Wildman–Crippen MR) is 52.9 cm³/mol. The average molecular weight is 162 g/mol. The van der Waals surface area contributed by atoms with E-state index in [1.165, 1.54) is 0 Å². The van der Waals surface area contributed by atoms with Crippen molar-refractivity contribution in [1.29, 1.82) is 0 Å². The van der Waals surface area contributed by atoms with Crippen LogP contribution in [0.5, 0.6) is 0 Å². The lowest BCUT2D eigenvalue weighted by Gasteiger charge is -1.69. The molecule has 0 saturated carbocycles. The van der Waals surface area contributed by atoms with Gasteiger partial charge < -0.3 is 0 Å². The van der Waals surface area contributed by atoms with Gasteiger partial charge in [-0.2, -0.15) is 0 Å². The van der Waals surface area contributed by atoms with Crippen LogP contribution in [-0.4, -0.2) is 0 Å². The van der Waals surface area contributed by atoms with Crippen molar-refractivity contribution in [3.05, 3.63) is 72.7 Å². The Morgan fingerprint density at radius 1 is 0.417 bits per heavy atom. The summed E-state index contributed by atoms with van der Waals surface area (Å²) in [4.78, 5) is 0. The molecular formula is C12H12. The van der Waals surface area contributed by atoms with E-state index in [1.54, 1.807) is 0 Å². The lowest BCUT2D eigenvalue weighted by atomic mass is 10.4. The number of hydrogen-bond donors (Lipinski definition) is 0. The fourth-order valence-electron chi connectivity index (χ4n) is 0.572. The Hall–Kier alpha value is -1.56. The van der Waals surface area contributed by atoms with Crippen molar-refractivity contribution in [2.75, 3.05) is 0 Å². The molecular weight excluding hydrogens is 144 g/mol. The van der Waals surface area contributed by atoms with E-state index in [2.05, 4.69) is 0 Å². The van der Waals surface area contributed by atoms with Crippen LogP contribution in [-0.2, 0) is 0 Å². The summed E-state index contributed by atoms with van der Waals surface area (Å²) in [6.45, 7) is 0. The molecule has 2 aromatic carbocycles. The van der Waals surface area contributed by atoms with E-state index in [4.69, 9.17) is 8.22 Å². The van der Waals surface area contributed by atoms with Gasteiger partial charge in [-0.05, 0) is 0 Å². The van der Waals surface area contributed by atoms with Crippen LogP contribution in [0, 0.1) is 0 Å². The number of hydrogen-bond acceptors (Lipinski definition) is 0. The molecule has 0 spiro atoms. The fourth-order valence-corrected chi connectivity index (χ4v) is 0.572. The summed E-state index contributed by atoms with van der Waals surface area (Å²) in [6, 6.07) is 9.26. The standard InChI is InChI=1S/2C6H6/c2*1-2-4-6-5-3-1/h2*1-6H/i1D,2D,3D,4D,5D,6D;. The maximum absolute atomic E-state index is 7.12. The highest BCUT2D eigenvalue weighted by Gasteiger charge is 1.58. The molecule has 0 aromatic heterocycles. The van der Waals surface area contributed by atoms with Crippen molar-refractivity contribution < 1.29 is 8.22 Å². The zero-order valence-electron chi connectivity index (χ0n) is 12.5. The predicted octanol–water partition coefficient (Wildman–Crippen LogP) is 3.37. The third kappa shape index (κ3) is 4.29. The Labute approximate surface area is 81.9 Å². The van der Waals surface area contributed by atoms with Crippen molar-refractivity contribution >= 4 is 0 Å². The molecule has 0 N–H and O–H groups in total. The van der Waals surface area contributed by atoms with Gasteiger partial charge in [0.2, 0.25) is 0 Å². The molecule has 0 saturated heterocycles. The minimum atomic E-state index is -0.457. The molecule has 2 aromatic rings. The second-order valence-corrected chi connectivity index (χ2v) is 1.90. The molecule has 2 rings (SSSR count). The summed E-state index contributed by atoms with van der Waals surface area (Å²) >= 11 is 0. The van der Waals surface area contributed by atoms with E-state index in [0.717, 1.165) is 0 Å². The van der Waals surface area contributed by atoms with E-state index in [0.29, 0.717) is 0 Å². The summed E-state index contributed by atoms with van der Waals surface area (Å²) in [5.74, 6) is 0. The molecule has 0 aliphatic carbocycles. The summed E-state index contributed by atoms with van der Waals surface area (Å²) in [5.41, 5.74) is 0. The van der Waals surface area contributed by atoms with Crippen LogP contribution in [0.4, 0.5) is 0 Å². The lowest BCUT2D eigenvalue weighted by molar-refractivity contribution is 1.72. The van der Waals surface area contributed by atoms with Gasteiger partial charge >= 0.3 is 0 Å². The Bertz CT molecular complexity index is 392. The molecule has 0 aliphatic rings. The van der Waals surface area contributed by atoms with Crippen molar-refractivity contribution in [2.24, 2.45) is 0 Å². The van der Waals surface area contributed by atoms with Crippen LogP contribution in [0.1, 0.15) is 8.22 Å². The molecule has 12 heavy (non-hydrogen) atoms. The summed E-state index contributed by atoms with van der Waals surface area (Å²) < 4.78 is 42.7. The van der Waals surface area contributed by atoms with Gasteiger partial charge in [0.1, 0.15) is 0 Å². The summed E-state index contributed by atoms with van der Waals surface area (Å²) in [7, 11) is 0. The van der Waals surface area contributed by atoms with Crippen LogP contribution in [0.25, 0.3) is 0 Å². The van der Waals surface area contributed by atoms with Crippen LogP contribution >= 0.6 is 0 Å². The second kappa shape index (κ2) is 6.17. The van der Waals surface area contributed by atoms with E-state index in [1.807, 2.05) is 36.4 Å². The van der Waals surface area contributed by atoms with Gasteiger partial charge in [-0.15, -0.1) is 0 Å². The molecule has 0 fully saturated rings. The highest BCUT2D eigenvalue weighted by molar-refractivity contribution is 4.99. The largest absolute Gasteiger partial charge is 0.0623 e. The molecule has 0 radical (unpaired) electrons. The third-order valence-corrected chi connectivity index (χ3v) is 1.04. The first-order valence-electron chi connectivity index (χ1n) is 6.50. The van der Waals surface area contributed by atoms with Gasteiger partial charge in [0.15, 0.2) is 0 Å². The normalized spacial score (nSPS) is 15.0. The van der Waals surface area contributed by atoms with Crippen LogP contribution < -0.4 is 0 Å². The molecule has 0 unspecified atom stereocenters. The fraction of sp³-hybridized carbons (Fsp3) is 0. The SMILES string of the molecule is [2H]c1c([2H])c([2H])c([2H])c([2H])c1[2H].c1ccccc1. The first kappa shape index (κ1) is 3.44. The molecule has 0 aliphatic heterocycles. The van der Waals surface area contributed by atoms with Crippen molar-refractivity contribution in [2.45, 2.75) is 0 Å². The lowest BCUT2D eigenvalue weighted by Crippen LogP contribution is -1.47. The highest BCUT2D eigenvalue weighted by atomic mass is 13.7. The molecule has 0 amide bonds. The van der Waals surface area contributed by atoms with Gasteiger partial charge in [0.25, 0.3) is 0 Å². The van der Waals surface area contributed by atoms with Gasteiger partial charge in [-0.1, -0.05) is 72.7 Å². The summed E-state index contributed by atoms with van der Waals surface area (Å²) in [5, 5.41) is 0.